The van der Waals surface area contributed by atoms with Crippen molar-refractivity contribution in [2.75, 3.05) is 6.61 Å². The van der Waals surface area contributed by atoms with Crippen molar-refractivity contribution in [1.82, 2.24) is 10.1 Å². The first kappa shape index (κ1) is 15.4. The van der Waals surface area contributed by atoms with E-state index in [2.05, 4.69) is 30.9 Å². The van der Waals surface area contributed by atoms with Gasteiger partial charge < -0.3 is 15.0 Å². The number of hydrogen-bond donors (Lipinski definition) is 1. The first-order valence-corrected chi connectivity index (χ1v) is 7.76. The number of rotatable bonds is 6. The summed E-state index contributed by atoms with van der Waals surface area (Å²) in [5.74, 6) is 1.34. The zero-order valence-electron chi connectivity index (χ0n) is 13.1. The van der Waals surface area contributed by atoms with Crippen molar-refractivity contribution < 1.29 is 9.26 Å². The lowest BCUT2D eigenvalue weighted by Gasteiger charge is -2.28. The minimum absolute atomic E-state index is 0.0977. The molecular weight excluding hydrogens is 254 g/mol. The minimum atomic E-state index is -0.435. The van der Waals surface area contributed by atoms with Crippen LogP contribution in [0, 0.1) is 0 Å². The van der Waals surface area contributed by atoms with Gasteiger partial charge in [-0.3, -0.25) is 0 Å². The van der Waals surface area contributed by atoms with E-state index < -0.39 is 5.60 Å². The van der Waals surface area contributed by atoms with Crippen LogP contribution in [0.4, 0.5) is 0 Å². The lowest BCUT2D eigenvalue weighted by atomic mass is 9.85. The second-order valence-electron chi connectivity index (χ2n) is 5.97. The number of nitrogens with zero attached hydrogens (tertiary/aromatic N) is 2. The van der Waals surface area contributed by atoms with Gasteiger partial charge >= 0.3 is 0 Å². The highest BCUT2D eigenvalue weighted by atomic mass is 16.5. The van der Waals surface area contributed by atoms with E-state index in [0.717, 1.165) is 32.1 Å². The number of aromatic nitrogens is 2. The van der Waals surface area contributed by atoms with E-state index in [1.807, 2.05) is 6.92 Å². The summed E-state index contributed by atoms with van der Waals surface area (Å²) in [7, 11) is 0. The van der Waals surface area contributed by atoms with Crippen molar-refractivity contribution >= 4 is 0 Å². The van der Waals surface area contributed by atoms with Gasteiger partial charge in [-0.05, 0) is 39.5 Å². The van der Waals surface area contributed by atoms with Crippen LogP contribution in [0.1, 0.15) is 71.5 Å². The molecule has 0 spiro atoms. The Morgan fingerprint density at radius 1 is 1.40 bits per heavy atom. The molecule has 20 heavy (non-hydrogen) atoms. The Bertz CT molecular complexity index is 442. The van der Waals surface area contributed by atoms with Crippen LogP contribution in [-0.2, 0) is 15.8 Å². The maximum atomic E-state index is 6.23. The van der Waals surface area contributed by atoms with Crippen molar-refractivity contribution in [3.8, 4) is 0 Å². The second-order valence-corrected chi connectivity index (χ2v) is 5.97. The molecule has 2 rings (SSSR count). The number of ether oxygens (including phenoxy) is 1. The molecule has 1 aromatic rings. The van der Waals surface area contributed by atoms with E-state index in [1.165, 1.54) is 0 Å². The van der Waals surface area contributed by atoms with Crippen LogP contribution in [0.15, 0.2) is 4.52 Å². The molecule has 1 aliphatic rings. The Morgan fingerprint density at radius 2 is 2.10 bits per heavy atom. The van der Waals surface area contributed by atoms with Crippen molar-refractivity contribution in [3.05, 3.63) is 11.7 Å². The first-order valence-electron chi connectivity index (χ1n) is 7.76. The van der Waals surface area contributed by atoms with Gasteiger partial charge in [0.25, 0.3) is 0 Å². The van der Waals surface area contributed by atoms with Crippen molar-refractivity contribution in [2.45, 2.75) is 76.9 Å². The van der Waals surface area contributed by atoms with Gasteiger partial charge in [-0.15, -0.1) is 0 Å². The monoisotopic (exact) mass is 281 g/mol. The third kappa shape index (κ3) is 2.37. The standard InChI is InChI=1S/C15H27N3O2/c1-5-15(6-2,19-7-3)12-17-13(20-18-12)14(4)10-8-9-11(14)16/h11H,5-10,16H2,1-4H3. The summed E-state index contributed by atoms with van der Waals surface area (Å²) < 4.78 is 11.5. The van der Waals surface area contributed by atoms with Crippen LogP contribution in [-0.4, -0.2) is 22.8 Å². The molecule has 5 nitrogen and oxygen atoms in total. The predicted molar refractivity (Wildman–Crippen MR) is 77.4 cm³/mol. The van der Waals surface area contributed by atoms with Gasteiger partial charge in [0.15, 0.2) is 0 Å². The van der Waals surface area contributed by atoms with Crippen LogP contribution >= 0.6 is 0 Å². The molecule has 1 aliphatic carbocycles. The molecule has 2 N–H and O–H groups in total. The molecule has 1 fully saturated rings. The molecule has 0 amide bonds. The van der Waals surface area contributed by atoms with Gasteiger partial charge in [0.2, 0.25) is 11.7 Å². The zero-order valence-corrected chi connectivity index (χ0v) is 13.1. The summed E-state index contributed by atoms with van der Waals surface area (Å²) >= 11 is 0. The van der Waals surface area contributed by atoms with Crippen molar-refractivity contribution in [1.29, 1.82) is 0 Å². The number of nitrogens with two attached hydrogens (primary N) is 1. The zero-order chi connectivity index (χ0) is 14.8. The molecule has 0 radical (unpaired) electrons. The molecular formula is C15H27N3O2. The fourth-order valence-corrected chi connectivity index (χ4v) is 3.21. The summed E-state index contributed by atoms with van der Waals surface area (Å²) in [5, 5.41) is 4.21. The quantitative estimate of drug-likeness (QED) is 0.867. The molecule has 5 heteroatoms. The summed E-state index contributed by atoms with van der Waals surface area (Å²) in [5.41, 5.74) is 5.60. The second kappa shape index (κ2) is 5.82. The molecule has 0 saturated heterocycles. The van der Waals surface area contributed by atoms with Gasteiger partial charge in [-0.25, -0.2) is 0 Å². The third-order valence-corrected chi connectivity index (χ3v) is 4.91. The summed E-state index contributed by atoms with van der Waals surface area (Å²) in [6.45, 7) is 8.95. The Labute approximate surface area is 121 Å². The highest BCUT2D eigenvalue weighted by molar-refractivity contribution is 5.13. The fraction of sp³-hybridized carbons (Fsp3) is 0.867. The summed E-state index contributed by atoms with van der Waals surface area (Å²) in [4.78, 5) is 4.66. The first-order chi connectivity index (χ1) is 9.52. The summed E-state index contributed by atoms with van der Waals surface area (Å²) in [6.07, 6.45) is 4.81. The minimum Gasteiger partial charge on any atom is -0.367 e. The third-order valence-electron chi connectivity index (χ3n) is 4.91. The lowest BCUT2D eigenvalue weighted by molar-refractivity contribution is -0.0583. The van der Waals surface area contributed by atoms with Crippen LogP contribution < -0.4 is 5.73 Å². The molecule has 1 aromatic heterocycles. The molecule has 0 bridgehead atoms. The molecule has 0 aliphatic heterocycles. The average molecular weight is 281 g/mol. The molecule has 1 saturated carbocycles. The Hall–Kier alpha value is -0.940. The topological polar surface area (TPSA) is 74.2 Å². The predicted octanol–water partition coefficient (Wildman–Crippen LogP) is 2.89. The Balaban J connectivity index is 2.32. The lowest BCUT2D eigenvalue weighted by Crippen LogP contribution is -2.38. The van der Waals surface area contributed by atoms with E-state index in [1.54, 1.807) is 0 Å². The van der Waals surface area contributed by atoms with Gasteiger partial charge in [-0.2, -0.15) is 4.98 Å². The van der Waals surface area contributed by atoms with E-state index in [0.29, 0.717) is 18.3 Å². The SMILES string of the molecule is CCOC(CC)(CC)c1noc(C2(C)CCCC2N)n1. The van der Waals surface area contributed by atoms with Crippen LogP contribution in [0.25, 0.3) is 0 Å². The number of hydrogen-bond acceptors (Lipinski definition) is 5. The van der Waals surface area contributed by atoms with Gasteiger partial charge in [0.05, 0.1) is 5.41 Å². The van der Waals surface area contributed by atoms with Gasteiger partial charge in [0.1, 0.15) is 5.60 Å². The van der Waals surface area contributed by atoms with E-state index in [-0.39, 0.29) is 11.5 Å². The molecule has 0 aromatic carbocycles. The largest absolute Gasteiger partial charge is 0.367 e. The highest BCUT2D eigenvalue weighted by Crippen LogP contribution is 2.40. The molecule has 1 heterocycles. The Kier molecular flexibility index (Phi) is 4.49. The van der Waals surface area contributed by atoms with Crippen molar-refractivity contribution in [3.63, 3.8) is 0 Å². The molecule has 114 valence electrons. The van der Waals surface area contributed by atoms with Crippen molar-refractivity contribution in [2.24, 2.45) is 5.73 Å². The van der Waals surface area contributed by atoms with E-state index in [9.17, 15) is 0 Å². The maximum absolute atomic E-state index is 6.23. The molecule has 2 atom stereocenters. The normalized spacial score (nSPS) is 27.1. The van der Waals surface area contributed by atoms with Gasteiger partial charge in [-0.1, -0.05) is 25.4 Å². The summed E-state index contributed by atoms with van der Waals surface area (Å²) in [6, 6.07) is 0.0977. The van der Waals surface area contributed by atoms with Crippen LogP contribution in [0.5, 0.6) is 0 Å². The van der Waals surface area contributed by atoms with E-state index in [4.69, 9.17) is 15.0 Å². The smallest absolute Gasteiger partial charge is 0.234 e. The molecule has 2 unspecified atom stereocenters. The van der Waals surface area contributed by atoms with Gasteiger partial charge in [0, 0.05) is 12.6 Å². The Morgan fingerprint density at radius 3 is 2.60 bits per heavy atom. The van der Waals surface area contributed by atoms with Crippen LogP contribution in [0.3, 0.4) is 0 Å². The average Bonchev–Trinajstić information content (AvgIpc) is 3.06. The van der Waals surface area contributed by atoms with E-state index >= 15 is 0 Å². The van der Waals surface area contributed by atoms with Crippen LogP contribution in [0.2, 0.25) is 0 Å². The fourth-order valence-electron chi connectivity index (χ4n) is 3.21. The highest BCUT2D eigenvalue weighted by Gasteiger charge is 2.44. The maximum Gasteiger partial charge on any atom is 0.234 e.